The van der Waals surface area contributed by atoms with E-state index in [-0.39, 0.29) is 29.9 Å². The summed E-state index contributed by atoms with van der Waals surface area (Å²) in [5.41, 5.74) is 1.11. The monoisotopic (exact) mass is 501 g/mol. The van der Waals surface area contributed by atoms with Gasteiger partial charge >= 0.3 is 6.09 Å². The van der Waals surface area contributed by atoms with Crippen molar-refractivity contribution in [3.8, 4) is 5.75 Å². The fraction of sp³-hybridized carbons (Fsp3) is 0.679. The molecule has 1 aromatic rings. The van der Waals surface area contributed by atoms with Gasteiger partial charge in [-0.25, -0.2) is 4.79 Å². The first-order valence-corrected chi connectivity index (χ1v) is 13.2. The molecule has 0 atom stereocenters. The normalized spacial score (nSPS) is 24.4. The van der Waals surface area contributed by atoms with Crippen molar-refractivity contribution in [1.82, 2.24) is 16.0 Å². The van der Waals surface area contributed by atoms with Gasteiger partial charge in [0.25, 0.3) is 11.8 Å². The van der Waals surface area contributed by atoms with E-state index in [9.17, 15) is 14.4 Å². The average Bonchev–Trinajstić information content (AvgIpc) is 2.80. The second-order valence-corrected chi connectivity index (χ2v) is 11.5. The van der Waals surface area contributed by atoms with Gasteiger partial charge in [-0.05, 0) is 103 Å². The molecule has 0 radical (unpaired) electrons. The van der Waals surface area contributed by atoms with E-state index in [0.29, 0.717) is 22.8 Å². The molecule has 2 aliphatic rings. The second kappa shape index (κ2) is 12.0. The highest BCUT2D eigenvalue weighted by atomic mass is 16.6. The number of rotatable bonds is 6. The van der Waals surface area contributed by atoms with Gasteiger partial charge in [-0.3, -0.25) is 9.59 Å². The molecule has 0 spiro atoms. The number of alkyl carbamates (subject to hydrolysis) is 1. The summed E-state index contributed by atoms with van der Waals surface area (Å²) in [5.74, 6) is 0.765. The summed E-state index contributed by atoms with van der Waals surface area (Å²) >= 11 is 0. The summed E-state index contributed by atoms with van der Waals surface area (Å²) in [6.07, 6.45) is 6.80. The first kappa shape index (κ1) is 27.8. The van der Waals surface area contributed by atoms with E-state index in [1.807, 2.05) is 27.7 Å². The first-order valence-electron chi connectivity index (χ1n) is 13.2. The van der Waals surface area contributed by atoms with Crippen LogP contribution in [0.1, 0.15) is 105 Å². The largest absolute Gasteiger partial charge is 0.496 e. The number of nitrogens with one attached hydrogen (secondary N) is 3. The Labute approximate surface area is 215 Å². The Balaban J connectivity index is 1.59. The third-order valence-electron chi connectivity index (χ3n) is 7.17. The molecule has 8 heteroatoms. The number of ether oxygens (including phenoxy) is 2. The zero-order valence-corrected chi connectivity index (χ0v) is 22.7. The lowest BCUT2D eigenvalue weighted by Gasteiger charge is -2.30. The SMILES string of the molecule is COc1cc(C)c(C(=O)NC2CCC(C)CC2)cc1C(=O)NC1CCC(NC(=O)OC(C)(C)C)CC1. The zero-order chi connectivity index (χ0) is 26.5. The highest BCUT2D eigenvalue weighted by Gasteiger charge is 2.28. The van der Waals surface area contributed by atoms with E-state index in [2.05, 4.69) is 22.9 Å². The minimum atomic E-state index is -0.535. The standard InChI is InChI=1S/C28H43N3O5/c1-17-7-9-19(10-8-17)29-25(32)22-16-23(24(35-6)15-18(22)2)26(33)30-20-11-13-21(14-12-20)31-27(34)36-28(3,4)5/h15-17,19-21H,7-14H2,1-6H3,(H,29,32)(H,30,33)(H,31,34). The van der Waals surface area contributed by atoms with E-state index < -0.39 is 11.7 Å². The molecule has 0 bridgehead atoms. The molecule has 2 aliphatic carbocycles. The van der Waals surface area contributed by atoms with Crippen LogP contribution < -0.4 is 20.7 Å². The van der Waals surface area contributed by atoms with Crippen molar-refractivity contribution in [1.29, 1.82) is 0 Å². The summed E-state index contributed by atoms with van der Waals surface area (Å²) < 4.78 is 10.8. The quantitative estimate of drug-likeness (QED) is 0.515. The van der Waals surface area contributed by atoms with Crippen LogP contribution in [0.15, 0.2) is 12.1 Å². The molecule has 200 valence electrons. The third-order valence-corrected chi connectivity index (χ3v) is 7.17. The van der Waals surface area contributed by atoms with Gasteiger partial charge in [-0.1, -0.05) is 6.92 Å². The molecule has 0 aliphatic heterocycles. The molecule has 8 nitrogen and oxygen atoms in total. The predicted molar refractivity (Wildman–Crippen MR) is 139 cm³/mol. The van der Waals surface area contributed by atoms with Crippen molar-refractivity contribution < 1.29 is 23.9 Å². The van der Waals surface area contributed by atoms with Crippen molar-refractivity contribution in [2.45, 2.75) is 110 Å². The van der Waals surface area contributed by atoms with E-state index in [1.165, 1.54) is 7.11 Å². The summed E-state index contributed by atoms with van der Waals surface area (Å²) in [5, 5.41) is 9.18. The lowest BCUT2D eigenvalue weighted by atomic mass is 9.87. The number of benzene rings is 1. The predicted octanol–water partition coefficient (Wildman–Crippen LogP) is 4.88. The first-order chi connectivity index (χ1) is 16.9. The topological polar surface area (TPSA) is 106 Å². The molecule has 0 saturated heterocycles. The molecule has 1 aromatic carbocycles. The fourth-order valence-electron chi connectivity index (χ4n) is 5.06. The van der Waals surface area contributed by atoms with Gasteiger partial charge in [-0.2, -0.15) is 0 Å². The summed E-state index contributed by atoms with van der Waals surface area (Å²) in [4.78, 5) is 38.3. The molecular formula is C28H43N3O5. The summed E-state index contributed by atoms with van der Waals surface area (Å²) in [7, 11) is 1.53. The minimum absolute atomic E-state index is 0.0123. The highest BCUT2D eigenvalue weighted by Crippen LogP contribution is 2.27. The molecular weight excluding hydrogens is 458 g/mol. The average molecular weight is 502 g/mol. The lowest BCUT2D eigenvalue weighted by molar-refractivity contribution is 0.0487. The van der Waals surface area contributed by atoms with Crippen LogP contribution in [0.3, 0.4) is 0 Å². The van der Waals surface area contributed by atoms with Crippen LogP contribution in [-0.2, 0) is 4.74 Å². The zero-order valence-electron chi connectivity index (χ0n) is 22.7. The maximum absolute atomic E-state index is 13.2. The van der Waals surface area contributed by atoms with Crippen molar-refractivity contribution >= 4 is 17.9 Å². The van der Waals surface area contributed by atoms with E-state index in [0.717, 1.165) is 56.9 Å². The van der Waals surface area contributed by atoms with Gasteiger partial charge in [0.1, 0.15) is 11.4 Å². The lowest BCUT2D eigenvalue weighted by Crippen LogP contribution is -2.45. The number of hydrogen-bond acceptors (Lipinski definition) is 5. The molecule has 2 fully saturated rings. The molecule has 0 unspecified atom stereocenters. The number of methoxy groups -OCH3 is 1. The molecule has 2 saturated carbocycles. The molecule has 3 amide bonds. The number of carbonyl (C=O) groups is 3. The molecule has 3 rings (SSSR count). The molecule has 0 aromatic heterocycles. The number of amides is 3. The van der Waals surface area contributed by atoms with Crippen LogP contribution >= 0.6 is 0 Å². The smallest absolute Gasteiger partial charge is 0.407 e. The Morgan fingerprint density at radius 3 is 1.75 bits per heavy atom. The Hall–Kier alpha value is -2.77. The fourth-order valence-corrected chi connectivity index (χ4v) is 5.06. The van der Waals surface area contributed by atoms with Gasteiger partial charge in [0.05, 0.1) is 12.7 Å². The van der Waals surface area contributed by atoms with Gasteiger partial charge < -0.3 is 25.4 Å². The highest BCUT2D eigenvalue weighted by molar-refractivity contribution is 6.02. The van der Waals surface area contributed by atoms with E-state index in [4.69, 9.17) is 9.47 Å². The maximum atomic E-state index is 13.2. The van der Waals surface area contributed by atoms with Crippen LogP contribution in [0.2, 0.25) is 0 Å². The minimum Gasteiger partial charge on any atom is -0.496 e. The molecule has 0 heterocycles. The van der Waals surface area contributed by atoms with Crippen molar-refractivity contribution in [2.75, 3.05) is 7.11 Å². The van der Waals surface area contributed by atoms with Crippen LogP contribution in [0.5, 0.6) is 5.75 Å². The van der Waals surface area contributed by atoms with Crippen LogP contribution in [0.4, 0.5) is 4.79 Å². The van der Waals surface area contributed by atoms with Gasteiger partial charge in [-0.15, -0.1) is 0 Å². The van der Waals surface area contributed by atoms with Crippen molar-refractivity contribution in [2.24, 2.45) is 5.92 Å². The van der Waals surface area contributed by atoms with Gasteiger partial charge in [0.15, 0.2) is 0 Å². The Bertz CT molecular complexity index is 939. The second-order valence-electron chi connectivity index (χ2n) is 11.5. The van der Waals surface area contributed by atoms with Crippen molar-refractivity contribution in [3.05, 3.63) is 28.8 Å². The number of aryl methyl sites for hydroxylation is 1. The molecule has 3 N–H and O–H groups in total. The van der Waals surface area contributed by atoms with Crippen LogP contribution in [-0.4, -0.2) is 48.7 Å². The van der Waals surface area contributed by atoms with Gasteiger partial charge in [0.2, 0.25) is 0 Å². The molecule has 36 heavy (non-hydrogen) atoms. The third kappa shape index (κ3) is 7.87. The van der Waals surface area contributed by atoms with Crippen LogP contribution in [0, 0.1) is 12.8 Å². The Morgan fingerprint density at radius 2 is 1.25 bits per heavy atom. The Kier molecular flexibility index (Phi) is 9.25. The summed E-state index contributed by atoms with van der Waals surface area (Å²) in [6, 6.07) is 3.60. The number of carbonyl (C=O) groups excluding carboxylic acids is 3. The van der Waals surface area contributed by atoms with E-state index in [1.54, 1.807) is 12.1 Å². The van der Waals surface area contributed by atoms with Crippen molar-refractivity contribution in [3.63, 3.8) is 0 Å². The van der Waals surface area contributed by atoms with Crippen LogP contribution in [0.25, 0.3) is 0 Å². The van der Waals surface area contributed by atoms with E-state index >= 15 is 0 Å². The van der Waals surface area contributed by atoms with Gasteiger partial charge in [0, 0.05) is 23.7 Å². The summed E-state index contributed by atoms with van der Waals surface area (Å²) in [6.45, 7) is 9.62. The Morgan fingerprint density at radius 1 is 0.778 bits per heavy atom. The number of hydrogen-bond donors (Lipinski definition) is 3. The maximum Gasteiger partial charge on any atom is 0.407 e.